The molecule has 0 bridgehead atoms. The Labute approximate surface area is 130 Å². The van der Waals surface area contributed by atoms with Crippen molar-refractivity contribution in [3.8, 4) is 0 Å². The van der Waals surface area contributed by atoms with E-state index in [1.165, 1.54) is 38.5 Å². The molecular formula is C14H31O2PS2. The number of rotatable bonds is 13. The molecule has 0 rings (SSSR count). The first-order valence-corrected chi connectivity index (χ1v) is 11.4. The van der Waals surface area contributed by atoms with Crippen molar-refractivity contribution in [2.75, 3.05) is 13.2 Å². The molecule has 1 unspecified atom stereocenters. The lowest BCUT2D eigenvalue weighted by Crippen LogP contribution is -1.96. The predicted molar refractivity (Wildman–Crippen MR) is 92.6 cm³/mol. The molecule has 19 heavy (non-hydrogen) atoms. The van der Waals surface area contributed by atoms with E-state index in [1.807, 2.05) is 0 Å². The molecule has 0 aliphatic carbocycles. The molecular weight excluding hydrogens is 295 g/mol. The largest absolute Gasteiger partial charge is 0.322 e. The molecule has 116 valence electrons. The zero-order valence-corrected chi connectivity index (χ0v) is 15.4. The van der Waals surface area contributed by atoms with Crippen molar-refractivity contribution in [1.29, 1.82) is 0 Å². The van der Waals surface area contributed by atoms with E-state index in [2.05, 4.69) is 33.0 Å². The third-order valence-corrected chi connectivity index (χ3v) is 5.28. The number of unbranched alkanes of at least 4 members (excludes halogenated alkanes) is 5. The first-order chi connectivity index (χ1) is 8.98. The maximum atomic E-state index is 5.61. The first kappa shape index (κ1) is 19.9. The molecule has 0 radical (unpaired) electrons. The zero-order chi connectivity index (χ0) is 14.6. The monoisotopic (exact) mass is 326 g/mol. The van der Waals surface area contributed by atoms with Crippen molar-refractivity contribution in [2.45, 2.75) is 72.1 Å². The van der Waals surface area contributed by atoms with Gasteiger partial charge in [0.2, 0.25) is 5.69 Å². The van der Waals surface area contributed by atoms with Crippen LogP contribution in [0.4, 0.5) is 0 Å². The van der Waals surface area contributed by atoms with Crippen molar-refractivity contribution in [2.24, 2.45) is 5.92 Å². The molecule has 0 aromatic rings. The molecule has 5 heteroatoms. The Hall–Kier alpha value is 0.920. The molecule has 2 nitrogen and oxygen atoms in total. The lowest BCUT2D eigenvalue weighted by atomic mass is 10.1. The second-order valence-electron chi connectivity index (χ2n) is 5.44. The van der Waals surface area contributed by atoms with E-state index in [-0.39, 0.29) is 0 Å². The van der Waals surface area contributed by atoms with Crippen LogP contribution in [0.3, 0.4) is 0 Å². The predicted octanol–water partition coefficient (Wildman–Crippen LogP) is 5.97. The number of hydrogen-bond donors (Lipinski definition) is 1. The molecule has 0 saturated heterocycles. The van der Waals surface area contributed by atoms with Gasteiger partial charge in [0.05, 0.1) is 13.2 Å². The summed E-state index contributed by atoms with van der Waals surface area (Å²) in [4.78, 5) is 0. The van der Waals surface area contributed by atoms with Crippen LogP contribution in [-0.4, -0.2) is 13.2 Å². The summed E-state index contributed by atoms with van der Waals surface area (Å²) in [6.07, 6.45) is 9.59. The van der Waals surface area contributed by atoms with E-state index < -0.39 is 5.69 Å². The molecule has 1 atom stereocenters. The van der Waals surface area contributed by atoms with E-state index >= 15 is 0 Å². The Morgan fingerprint density at radius 1 is 0.947 bits per heavy atom. The van der Waals surface area contributed by atoms with Crippen LogP contribution < -0.4 is 0 Å². The summed E-state index contributed by atoms with van der Waals surface area (Å²) in [5, 5.41) is 0. The minimum absolute atomic E-state index is 0.688. The van der Waals surface area contributed by atoms with Gasteiger partial charge in [0.1, 0.15) is 0 Å². The van der Waals surface area contributed by atoms with Crippen molar-refractivity contribution >= 4 is 29.7 Å². The van der Waals surface area contributed by atoms with Crippen LogP contribution >= 0.6 is 17.9 Å². The van der Waals surface area contributed by atoms with Gasteiger partial charge in [-0.15, -0.1) is 0 Å². The Bertz CT molecular complexity index is 248. The van der Waals surface area contributed by atoms with Crippen LogP contribution in [0.15, 0.2) is 0 Å². The molecule has 0 heterocycles. The van der Waals surface area contributed by atoms with E-state index in [0.29, 0.717) is 13.2 Å². The molecule has 0 spiro atoms. The molecule has 0 fully saturated rings. The Morgan fingerprint density at radius 2 is 1.47 bits per heavy atom. The van der Waals surface area contributed by atoms with Gasteiger partial charge >= 0.3 is 0 Å². The quantitative estimate of drug-likeness (QED) is 0.255. The van der Waals surface area contributed by atoms with Gasteiger partial charge in [-0.2, -0.15) is 0 Å². The second kappa shape index (κ2) is 12.6. The lowest BCUT2D eigenvalue weighted by molar-refractivity contribution is 0.249. The second-order valence-corrected chi connectivity index (χ2v) is 10.7. The molecule has 0 aliphatic heterocycles. The average Bonchev–Trinajstić information content (AvgIpc) is 2.33. The minimum atomic E-state index is -2.28. The van der Waals surface area contributed by atoms with Crippen LogP contribution in [0.5, 0.6) is 0 Å². The van der Waals surface area contributed by atoms with E-state index in [1.54, 1.807) is 0 Å². The van der Waals surface area contributed by atoms with Gasteiger partial charge in [0, 0.05) is 0 Å². The normalized spacial score (nSPS) is 14.8. The third-order valence-electron chi connectivity index (χ3n) is 2.93. The standard InChI is InChI=1S/C14H31O2PS2/c1-4-5-6-9-12-15-17(18,19)16-13-10-7-8-11-14(2)3/h14H,4-13H2,1-3H3,(H,18,19). The van der Waals surface area contributed by atoms with E-state index in [0.717, 1.165) is 18.8 Å². The Morgan fingerprint density at radius 3 is 1.95 bits per heavy atom. The van der Waals surface area contributed by atoms with E-state index in [4.69, 9.17) is 20.9 Å². The fraction of sp³-hybridized carbons (Fsp3) is 1.00. The fourth-order valence-electron chi connectivity index (χ4n) is 1.76. The summed E-state index contributed by atoms with van der Waals surface area (Å²) >= 11 is 9.62. The summed E-state index contributed by atoms with van der Waals surface area (Å²) in [5.74, 6) is 0.794. The van der Waals surface area contributed by atoms with Crippen LogP contribution in [0.1, 0.15) is 72.1 Å². The van der Waals surface area contributed by atoms with Gasteiger partial charge < -0.3 is 9.05 Å². The summed E-state index contributed by atoms with van der Waals surface area (Å²) < 4.78 is 11.2. The summed E-state index contributed by atoms with van der Waals surface area (Å²) in [7, 11) is 0. The van der Waals surface area contributed by atoms with Crippen LogP contribution in [0.25, 0.3) is 0 Å². The van der Waals surface area contributed by atoms with Gasteiger partial charge in [-0.25, -0.2) is 0 Å². The Balaban J connectivity index is 3.43. The topological polar surface area (TPSA) is 18.5 Å². The van der Waals surface area contributed by atoms with Crippen molar-refractivity contribution in [1.82, 2.24) is 0 Å². The first-order valence-electron chi connectivity index (χ1n) is 7.60. The maximum absolute atomic E-state index is 5.61. The number of hydrogen-bond acceptors (Lipinski definition) is 3. The molecule has 0 aromatic heterocycles. The van der Waals surface area contributed by atoms with Crippen molar-refractivity contribution < 1.29 is 9.05 Å². The van der Waals surface area contributed by atoms with Crippen molar-refractivity contribution in [3.05, 3.63) is 0 Å². The zero-order valence-electron chi connectivity index (χ0n) is 12.8. The highest BCUT2D eigenvalue weighted by molar-refractivity contribution is 8.60. The maximum Gasteiger partial charge on any atom is 0.244 e. The molecule has 0 aromatic carbocycles. The summed E-state index contributed by atoms with van der Waals surface area (Å²) in [5.41, 5.74) is -2.28. The van der Waals surface area contributed by atoms with Gasteiger partial charge in [-0.1, -0.05) is 71.5 Å². The van der Waals surface area contributed by atoms with Gasteiger partial charge in [-0.05, 0) is 30.6 Å². The molecule has 0 N–H and O–H groups in total. The van der Waals surface area contributed by atoms with Crippen LogP contribution in [-0.2, 0) is 20.9 Å². The Kier molecular flexibility index (Phi) is 13.3. The van der Waals surface area contributed by atoms with Gasteiger partial charge in [-0.3, -0.25) is 0 Å². The van der Waals surface area contributed by atoms with Crippen LogP contribution in [0.2, 0.25) is 0 Å². The smallest absolute Gasteiger partial charge is 0.244 e. The highest BCUT2D eigenvalue weighted by Crippen LogP contribution is 2.53. The van der Waals surface area contributed by atoms with Crippen molar-refractivity contribution in [3.63, 3.8) is 0 Å². The van der Waals surface area contributed by atoms with Gasteiger partial charge in [0.25, 0.3) is 0 Å². The highest BCUT2D eigenvalue weighted by Gasteiger charge is 2.12. The number of thiol groups is 1. The third kappa shape index (κ3) is 15.1. The SMILES string of the molecule is CCCCCCOP(=S)(S)OCCCCCC(C)C. The average molecular weight is 327 g/mol. The highest BCUT2D eigenvalue weighted by atomic mass is 32.9. The summed E-state index contributed by atoms with van der Waals surface area (Å²) in [6, 6.07) is 0. The summed E-state index contributed by atoms with van der Waals surface area (Å²) in [6.45, 7) is 8.10. The molecule has 0 aliphatic rings. The fourth-order valence-corrected chi connectivity index (χ4v) is 3.49. The molecule has 0 amide bonds. The minimum Gasteiger partial charge on any atom is -0.322 e. The molecule has 0 saturated carbocycles. The van der Waals surface area contributed by atoms with Crippen LogP contribution in [0, 0.1) is 5.92 Å². The lowest BCUT2D eigenvalue weighted by Gasteiger charge is -2.16. The van der Waals surface area contributed by atoms with Gasteiger partial charge in [0.15, 0.2) is 0 Å². The van der Waals surface area contributed by atoms with E-state index in [9.17, 15) is 0 Å².